The first-order chi connectivity index (χ1) is 6.72. The lowest BCUT2D eigenvalue weighted by molar-refractivity contribution is 0.124. The number of rotatable bonds is 4. The highest BCUT2D eigenvalue weighted by Crippen LogP contribution is 2.29. The Bertz CT molecular complexity index is 315. The van der Waals surface area contributed by atoms with Gasteiger partial charge in [0.15, 0.2) is 0 Å². The molecule has 2 N–H and O–H groups in total. The molecule has 0 aliphatic heterocycles. The minimum Gasteiger partial charge on any atom is -0.496 e. The number of hydrogen-bond acceptors (Lipinski definition) is 3. The molecular formula is C10H14ClNO2. The van der Waals surface area contributed by atoms with E-state index < -0.39 is 0 Å². The average Bonchev–Trinajstić information content (AvgIpc) is 2.17. The third-order valence-electron chi connectivity index (χ3n) is 2.04. The first-order valence-electron chi connectivity index (χ1n) is 4.39. The third-order valence-corrected chi connectivity index (χ3v) is 2.38. The van der Waals surface area contributed by atoms with E-state index >= 15 is 0 Å². The standard InChI is InChI=1S/C10H14ClNO2/c1-3-8-9(11)4-7(6-14-12)5-10(8)13-2/h4-5H,3,6,12H2,1-2H3. The summed E-state index contributed by atoms with van der Waals surface area (Å²) in [5.41, 5.74) is 1.92. The van der Waals surface area contributed by atoms with Gasteiger partial charge >= 0.3 is 0 Å². The molecule has 1 aromatic carbocycles. The third kappa shape index (κ3) is 2.38. The van der Waals surface area contributed by atoms with Crippen molar-refractivity contribution in [1.29, 1.82) is 0 Å². The van der Waals surface area contributed by atoms with Crippen LogP contribution in [0, 0.1) is 0 Å². The van der Waals surface area contributed by atoms with Crippen LogP contribution in [-0.4, -0.2) is 7.11 Å². The van der Waals surface area contributed by atoms with Gasteiger partial charge in [0.1, 0.15) is 5.75 Å². The number of halogens is 1. The van der Waals surface area contributed by atoms with Crippen molar-refractivity contribution in [3.63, 3.8) is 0 Å². The minimum atomic E-state index is 0.333. The molecule has 0 aromatic heterocycles. The largest absolute Gasteiger partial charge is 0.496 e. The lowest BCUT2D eigenvalue weighted by atomic mass is 10.1. The van der Waals surface area contributed by atoms with Crippen molar-refractivity contribution in [2.45, 2.75) is 20.0 Å². The van der Waals surface area contributed by atoms with Crippen molar-refractivity contribution < 1.29 is 9.57 Å². The predicted octanol–water partition coefficient (Wildman–Crippen LogP) is 2.30. The molecule has 0 amide bonds. The maximum atomic E-state index is 6.07. The zero-order chi connectivity index (χ0) is 10.6. The fraction of sp³-hybridized carbons (Fsp3) is 0.400. The van der Waals surface area contributed by atoms with Crippen LogP contribution in [0.3, 0.4) is 0 Å². The van der Waals surface area contributed by atoms with Crippen molar-refractivity contribution in [2.24, 2.45) is 5.90 Å². The SMILES string of the molecule is CCc1c(Cl)cc(CON)cc1OC. The Hall–Kier alpha value is -0.770. The van der Waals surface area contributed by atoms with Crippen molar-refractivity contribution in [3.05, 3.63) is 28.3 Å². The summed E-state index contributed by atoms with van der Waals surface area (Å²) >= 11 is 6.07. The van der Waals surface area contributed by atoms with E-state index in [0.717, 1.165) is 23.3 Å². The van der Waals surface area contributed by atoms with Gasteiger partial charge in [-0.05, 0) is 24.1 Å². The topological polar surface area (TPSA) is 44.5 Å². The highest BCUT2D eigenvalue weighted by Gasteiger charge is 2.08. The summed E-state index contributed by atoms with van der Waals surface area (Å²) in [5.74, 6) is 5.77. The molecule has 0 heterocycles. The molecule has 0 fully saturated rings. The molecule has 0 aliphatic rings. The molecule has 0 bridgehead atoms. The molecule has 0 unspecified atom stereocenters. The van der Waals surface area contributed by atoms with Gasteiger partial charge in [-0.2, -0.15) is 0 Å². The van der Waals surface area contributed by atoms with Gasteiger partial charge in [-0.1, -0.05) is 18.5 Å². The van der Waals surface area contributed by atoms with Gasteiger partial charge in [0.2, 0.25) is 0 Å². The van der Waals surface area contributed by atoms with Gasteiger partial charge in [0.05, 0.1) is 13.7 Å². The Balaban J connectivity index is 3.10. The molecule has 0 saturated heterocycles. The number of benzene rings is 1. The van der Waals surface area contributed by atoms with Crippen LogP contribution in [0.25, 0.3) is 0 Å². The Labute approximate surface area is 88.7 Å². The molecule has 3 nitrogen and oxygen atoms in total. The van der Waals surface area contributed by atoms with E-state index in [1.807, 2.05) is 19.1 Å². The fourth-order valence-electron chi connectivity index (χ4n) is 1.37. The maximum Gasteiger partial charge on any atom is 0.123 e. The second kappa shape index (κ2) is 5.20. The predicted molar refractivity (Wildman–Crippen MR) is 56.4 cm³/mol. The van der Waals surface area contributed by atoms with Gasteiger partial charge in [0, 0.05) is 10.6 Å². The van der Waals surface area contributed by atoms with Gasteiger partial charge in [-0.15, -0.1) is 0 Å². The van der Waals surface area contributed by atoms with Crippen molar-refractivity contribution in [1.82, 2.24) is 0 Å². The Morgan fingerprint density at radius 1 is 1.43 bits per heavy atom. The van der Waals surface area contributed by atoms with Gasteiger partial charge in [-0.3, -0.25) is 4.84 Å². The van der Waals surface area contributed by atoms with Crippen LogP contribution < -0.4 is 10.6 Å². The molecule has 4 heteroatoms. The zero-order valence-electron chi connectivity index (χ0n) is 8.34. The second-order valence-corrected chi connectivity index (χ2v) is 3.33. The minimum absolute atomic E-state index is 0.333. The molecule has 0 radical (unpaired) electrons. The van der Waals surface area contributed by atoms with E-state index in [4.69, 9.17) is 22.2 Å². The summed E-state index contributed by atoms with van der Waals surface area (Å²) in [5, 5.41) is 0.693. The van der Waals surface area contributed by atoms with E-state index in [9.17, 15) is 0 Å². The van der Waals surface area contributed by atoms with Gasteiger partial charge < -0.3 is 4.74 Å². The van der Waals surface area contributed by atoms with Crippen LogP contribution in [0.15, 0.2) is 12.1 Å². The maximum absolute atomic E-state index is 6.07. The molecular weight excluding hydrogens is 202 g/mol. The monoisotopic (exact) mass is 215 g/mol. The number of hydrogen-bond donors (Lipinski definition) is 1. The average molecular weight is 216 g/mol. The summed E-state index contributed by atoms with van der Waals surface area (Å²) in [6, 6.07) is 3.73. The first-order valence-corrected chi connectivity index (χ1v) is 4.77. The van der Waals surface area contributed by atoms with Gasteiger partial charge in [0.25, 0.3) is 0 Å². The normalized spacial score (nSPS) is 10.3. The van der Waals surface area contributed by atoms with Crippen LogP contribution in [0.1, 0.15) is 18.1 Å². The molecule has 0 atom stereocenters. The summed E-state index contributed by atoms with van der Waals surface area (Å²) in [6.07, 6.45) is 0.839. The summed E-state index contributed by atoms with van der Waals surface area (Å²) < 4.78 is 5.22. The van der Waals surface area contributed by atoms with Crippen molar-refractivity contribution >= 4 is 11.6 Å². The van der Waals surface area contributed by atoms with E-state index in [2.05, 4.69) is 4.84 Å². The van der Waals surface area contributed by atoms with Crippen LogP contribution >= 0.6 is 11.6 Å². The van der Waals surface area contributed by atoms with E-state index in [-0.39, 0.29) is 0 Å². The highest BCUT2D eigenvalue weighted by molar-refractivity contribution is 6.31. The molecule has 1 rings (SSSR count). The van der Waals surface area contributed by atoms with Crippen LogP contribution in [0.2, 0.25) is 5.02 Å². The van der Waals surface area contributed by atoms with Crippen LogP contribution in [0.4, 0.5) is 0 Å². The smallest absolute Gasteiger partial charge is 0.123 e. The van der Waals surface area contributed by atoms with Crippen LogP contribution in [-0.2, 0) is 17.9 Å². The van der Waals surface area contributed by atoms with Gasteiger partial charge in [-0.25, -0.2) is 5.90 Å². The Morgan fingerprint density at radius 2 is 2.14 bits per heavy atom. The van der Waals surface area contributed by atoms with Crippen molar-refractivity contribution in [2.75, 3.05) is 7.11 Å². The van der Waals surface area contributed by atoms with E-state index in [0.29, 0.717) is 11.6 Å². The highest BCUT2D eigenvalue weighted by atomic mass is 35.5. The first kappa shape index (κ1) is 11.3. The summed E-state index contributed by atoms with van der Waals surface area (Å²) in [4.78, 5) is 4.54. The molecule has 0 aliphatic carbocycles. The number of ether oxygens (including phenoxy) is 1. The summed E-state index contributed by atoms with van der Waals surface area (Å²) in [7, 11) is 1.62. The van der Waals surface area contributed by atoms with E-state index in [1.165, 1.54) is 0 Å². The zero-order valence-corrected chi connectivity index (χ0v) is 9.10. The molecule has 0 spiro atoms. The molecule has 78 valence electrons. The molecule has 0 saturated carbocycles. The van der Waals surface area contributed by atoms with Crippen molar-refractivity contribution in [3.8, 4) is 5.75 Å². The molecule has 1 aromatic rings. The Morgan fingerprint density at radius 3 is 2.64 bits per heavy atom. The Kier molecular flexibility index (Phi) is 4.20. The lowest BCUT2D eigenvalue weighted by Crippen LogP contribution is -2.00. The quantitative estimate of drug-likeness (QED) is 0.784. The van der Waals surface area contributed by atoms with E-state index in [1.54, 1.807) is 7.11 Å². The fourth-order valence-corrected chi connectivity index (χ4v) is 1.74. The summed E-state index contributed by atoms with van der Waals surface area (Å²) in [6.45, 7) is 2.36. The van der Waals surface area contributed by atoms with Crippen LogP contribution in [0.5, 0.6) is 5.75 Å². The molecule has 14 heavy (non-hydrogen) atoms. The number of nitrogens with two attached hydrogens (primary N) is 1. The second-order valence-electron chi connectivity index (χ2n) is 2.92. The lowest BCUT2D eigenvalue weighted by Gasteiger charge is -2.10. The number of methoxy groups -OCH3 is 1.